The number of benzene rings is 2. The largest absolute Gasteiger partial charge is 0.484 e. The van der Waals surface area contributed by atoms with E-state index in [0.29, 0.717) is 11.3 Å². The number of nitrogens with one attached hydrogen (secondary N) is 1. The van der Waals surface area contributed by atoms with Crippen molar-refractivity contribution in [2.75, 3.05) is 6.61 Å². The molecule has 0 aliphatic heterocycles. The normalized spacial score (nSPS) is 10.0. The molecular weight excluding hydrogens is 314 g/mol. The Morgan fingerprint density at radius 2 is 1.88 bits per heavy atom. The summed E-state index contributed by atoms with van der Waals surface area (Å²) in [6.45, 7) is -0.00308. The van der Waals surface area contributed by atoms with Crippen LogP contribution in [0.1, 0.15) is 15.9 Å². The highest BCUT2D eigenvalue weighted by molar-refractivity contribution is 5.92. The number of nitro benzene ring substituents is 1. The summed E-state index contributed by atoms with van der Waals surface area (Å²) in [4.78, 5) is 32.9. The monoisotopic (exact) mass is 329 g/mol. The van der Waals surface area contributed by atoms with Gasteiger partial charge in [0.05, 0.1) is 4.92 Å². The molecule has 0 aliphatic rings. The van der Waals surface area contributed by atoms with Gasteiger partial charge in [0, 0.05) is 24.2 Å². The van der Waals surface area contributed by atoms with E-state index in [1.54, 1.807) is 24.3 Å². The number of ether oxygens (including phenoxy) is 1. The molecule has 8 nitrogen and oxygen atoms in total. The molecule has 0 fully saturated rings. The van der Waals surface area contributed by atoms with Gasteiger partial charge < -0.3 is 15.8 Å². The fourth-order valence-electron chi connectivity index (χ4n) is 1.90. The first kappa shape index (κ1) is 16.9. The third kappa shape index (κ3) is 4.80. The average Bonchev–Trinajstić information content (AvgIpc) is 2.58. The van der Waals surface area contributed by atoms with Crippen LogP contribution in [0.4, 0.5) is 5.69 Å². The third-order valence-electron chi connectivity index (χ3n) is 3.12. The summed E-state index contributed by atoms with van der Waals surface area (Å²) in [6.07, 6.45) is 0. The van der Waals surface area contributed by atoms with Crippen molar-refractivity contribution in [2.45, 2.75) is 6.54 Å². The molecule has 0 aliphatic carbocycles. The SMILES string of the molecule is NC(=O)c1cccc(CNC(=O)COc2ccc([N+](=O)[O-])cc2)c1. The van der Waals surface area contributed by atoms with Gasteiger partial charge in [0.2, 0.25) is 5.91 Å². The molecule has 0 unspecified atom stereocenters. The number of carbonyl (C=O) groups excluding carboxylic acids is 2. The molecule has 2 amide bonds. The van der Waals surface area contributed by atoms with Gasteiger partial charge in [0.15, 0.2) is 6.61 Å². The van der Waals surface area contributed by atoms with Crippen LogP contribution in [0, 0.1) is 10.1 Å². The van der Waals surface area contributed by atoms with E-state index in [1.807, 2.05) is 0 Å². The molecule has 3 N–H and O–H groups in total. The predicted octanol–water partition coefficient (Wildman–Crippen LogP) is 1.39. The molecule has 124 valence electrons. The average molecular weight is 329 g/mol. The van der Waals surface area contributed by atoms with E-state index in [2.05, 4.69) is 5.32 Å². The minimum atomic E-state index is -0.537. The van der Waals surface area contributed by atoms with Crippen LogP contribution in [0.15, 0.2) is 48.5 Å². The van der Waals surface area contributed by atoms with Crippen LogP contribution in [0.3, 0.4) is 0 Å². The van der Waals surface area contributed by atoms with Crippen molar-refractivity contribution < 1.29 is 19.2 Å². The summed E-state index contributed by atoms with van der Waals surface area (Å²) in [6, 6.07) is 12.0. The number of primary amides is 1. The zero-order valence-electron chi connectivity index (χ0n) is 12.6. The van der Waals surface area contributed by atoms with Gasteiger partial charge in [-0.15, -0.1) is 0 Å². The lowest BCUT2D eigenvalue weighted by Gasteiger charge is -2.08. The van der Waals surface area contributed by atoms with Crippen LogP contribution in [0.25, 0.3) is 0 Å². The smallest absolute Gasteiger partial charge is 0.269 e. The lowest BCUT2D eigenvalue weighted by molar-refractivity contribution is -0.384. The highest BCUT2D eigenvalue weighted by atomic mass is 16.6. The molecule has 24 heavy (non-hydrogen) atoms. The van der Waals surface area contributed by atoms with Gasteiger partial charge in [-0.1, -0.05) is 12.1 Å². The molecule has 0 spiro atoms. The lowest BCUT2D eigenvalue weighted by Crippen LogP contribution is -2.28. The standard InChI is InChI=1S/C16H15N3O5/c17-16(21)12-3-1-2-11(8-12)9-18-15(20)10-24-14-6-4-13(5-7-14)19(22)23/h1-8H,9-10H2,(H2,17,21)(H,18,20). The predicted molar refractivity (Wildman–Crippen MR) is 85.4 cm³/mol. The summed E-state index contributed by atoms with van der Waals surface area (Å²) >= 11 is 0. The number of carbonyl (C=O) groups is 2. The van der Waals surface area contributed by atoms with E-state index >= 15 is 0 Å². The Morgan fingerprint density at radius 3 is 2.50 bits per heavy atom. The van der Waals surface area contributed by atoms with Crippen molar-refractivity contribution in [3.63, 3.8) is 0 Å². The molecule has 0 saturated heterocycles. The number of non-ortho nitro benzene ring substituents is 1. The first-order valence-corrected chi connectivity index (χ1v) is 6.98. The van der Waals surface area contributed by atoms with E-state index in [0.717, 1.165) is 5.56 Å². The molecular formula is C16H15N3O5. The molecule has 0 aromatic heterocycles. The molecule has 0 saturated carbocycles. The number of hydrogen-bond donors (Lipinski definition) is 2. The zero-order chi connectivity index (χ0) is 17.5. The molecule has 2 aromatic rings. The molecule has 0 atom stereocenters. The number of nitrogens with zero attached hydrogens (tertiary/aromatic N) is 1. The summed E-state index contributed by atoms with van der Waals surface area (Å²) in [5.74, 6) is -0.547. The van der Waals surface area contributed by atoms with E-state index in [-0.39, 0.29) is 24.7 Å². The van der Waals surface area contributed by atoms with Crippen molar-refractivity contribution in [2.24, 2.45) is 5.73 Å². The maximum Gasteiger partial charge on any atom is 0.269 e. The first-order chi connectivity index (χ1) is 11.5. The van der Waals surface area contributed by atoms with Crippen molar-refractivity contribution in [3.8, 4) is 5.75 Å². The van der Waals surface area contributed by atoms with Gasteiger partial charge >= 0.3 is 0 Å². The highest BCUT2D eigenvalue weighted by Crippen LogP contribution is 2.17. The summed E-state index contributed by atoms with van der Waals surface area (Å²) in [5.41, 5.74) is 6.23. The Hall–Kier alpha value is -3.42. The summed E-state index contributed by atoms with van der Waals surface area (Å²) in [7, 11) is 0. The Morgan fingerprint density at radius 1 is 1.17 bits per heavy atom. The van der Waals surface area contributed by atoms with Crippen LogP contribution in [-0.2, 0) is 11.3 Å². The third-order valence-corrected chi connectivity index (χ3v) is 3.12. The Labute approximate surface area is 137 Å². The van der Waals surface area contributed by atoms with Gasteiger partial charge in [-0.25, -0.2) is 0 Å². The Balaban J connectivity index is 1.82. The maximum atomic E-state index is 11.7. The van der Waals surface area contributed by atoms with Crippen LogP contribution in [0.5, 0.6) is 5.75 Å². The van der Waals surface area contributed by atoms with Gasteiger partial charge in [-0.05, 0) is 29.8 Å². The van der Waals surface area contributed by atoms with Crippen LogP contribution >= 0.6 is 0 Å². The van der Waals surface area contributed by atoms with Gasteiger partial charge in [0.25, 0.3) is 11.6 Å². The quantitative estimate of drug-likeness (QED) is 0.586. The number of rotatable bonds is 7. The van der Waals surface area contributed by atoms with Crippen LogP contribution < -0.4 is 15.8 Å². The lowest BCUT2D eigenvalue weighted by atomic mass is 10.1. The number of amides is 2. The van der Waals surface area contributed by atoms with Gasteiger partial charge in [0.1, 0.15) is 5.75 Å². The van der Waals surface area contributed by atoms with Crippen molar-refractivity contribution >= 4 is 17.5 Å². The topological polar surface area (TPSA) is 125 Å². The van der Waals surface area contributed by atoms with Crippen molar-refractivity contribution in [3.05, 3.63) is 69.8 Å². The second kappa shape index (κ2) is 7.73. The molecule has 0 heterocycles. The van der Waals surface area contributed by atoms with E-state index in [9.17, 15) is 19.7 Å². The number of hydrogen-bond acceptors (Lipinski definition) is 5. The molecule has 0 bridgehead atoms. The molecule has 2 rings (SSSR count). The van der Waals surface area contributed by atoms with Crippen molar-refractivity contribution in [1.82, 2.24) is 5.32 Å². The Bertz CT molecular complexity index is 759. The van der Waals surface area contributed by atoms with Crippen molar-refractivity contribution in [1.29, 1.82) is 0 Å². The fourth-order valence-corrected chi connectivity index (χ4v) is 1.90. The molecule has 0 radical (unpaired) electrons. The summed E-state index contributed by atoms with van der Waals surface area (Å²) in [5, 5.41) is 13.2. The van der Waals surface area contributed by atoms with Gasteiger partial charge in [-0.3, -0.25) is 19.7 Å². The van der Waals surface area contributed by atoms with E-state index < -0.39 is 10.8 Å². The second-order valence-corrected chi connectivity index (χ2v) is 4.88. The minimum Gasteiger partial charge on any atom is -0.484 e. The number of nitro groups is 1. The second-order valence-electron chi connectivity index (χ2n) is 4.88. The Kier molecular flexibility index (Phi) is 5.45. The number of nitrogens with two attached hydrogens (primary N) is 1. The highest BCUT2D eigenvalue weighted by Gasteiger charge is 2.07. The first-order valence-electron chi connectivity index (χ1n) is 6.98. The van der Waals surface area contributed by atoms with E-state index in [4.69, 9.17) is 10.5 Å². The van der Waals surface area contributed by atoms with E-state index in [1.165, 1.54) is 24.3 Å². The molecule has 2 aromatic carbocycles. The van der Waals surface area contributed by atoms with Crippen LogP contribution in [0.2, 0.25) is 0 Å². The molecule has 8 heteroatoms. The van der Waals surface area contributed by atoms with Crippen LogP contribution in [-0.4, -0.2) is 23.3 Å². The fraction of sp³-hybridized carbons (Fsp3) is 0.125. The summed E-state index contributed by atoms with van der Waals surface area (Å²) < 4.78 is 5.24. The van der Waals surface area contributed by atoms with Gasteiger partial charge in [-0.2, -0.15) is 0 Å². The minimum absolute atomic E-state index is 0.0545. The zero-order valence-corrected chi connectivity index (χ0v) is 12.6. The maximum absolute atomic E-state index is 11.7.